The largest absolute Gasteiger partial charge is 0.358 e. The first-order valence-corrected chi connectivity index (χ1v) is 9.58. The van der Waals surface area contributed by atoms with Crippen LogP contribution in [0.15, 0.2) is 60.7 Å². The van der Waals surface area contributed by atoms with E-state index in [1.165, 1.54) is 12.0 Å². The lowest BCUT2D eigenvalue weighted by molar-refractivity contribution is -0.129. The Bertz CT molecular complexity index is 734. The molecule has 1 aliphatic heterocycles. The summed E-state index contributed by atoms with van der Waals surface area (Å²) in [5.41, 5.74) is 8.52. The van der Waals surface area contributed by atoms with E-state index >= 15 is 0 Å². The summed E-state index contributed by atoms with van der Waals surface area (Å²) in [6.07, 6.45) is 2.28. The van der Waals surface area contributed by atoms with Gasteiger partial charge in [0.2, 0.25) is 5.91 Å². The fourth-order valence-corrected chi connectivity index (χ4v) is 4.46. The van der Waals surface area contributed by atoms with Crippen LogP contribution in [0.2, 0.25) is 0 Å². The molecular weight excluding hydrogens is 322 g/mol. The topological polar surface area (TPSA) is 49.6 Å². The van der Waals surface area contributed by atoms with Crippen molar-refractivity contribution in [1.82, 2.24) is 4.90 Å². The van der Waals surface area contributed by atoms with Crippen LogP contribution in [0.1, 0.15) is 18.4 Å². The second-order valence-corrected chi connectivity index (χ2v) is 7.64. The van der Waals surface area contributed by atoms with E-state index in [4.69, 9.17) is 5.73 Å². The van der Waals surface area contributed by atoms with Crippen LogP contribution < -0.4 is 10.6 Å². The quantitative estimate of drug-likeness (QED) is 0.903. The van der Waals surface area contributed by atoms with Gasteiger partial charge < -0.3 is 15.5 Å². The lowest BCUT2D eigenvalue weighted by Gasteiger charge is -2.27. The van der Waals surface area contributed by atoms with Crippen molar-refractivity contribution in [3.63, 3.8) is 0 Å². The van der Waals surface area contributed by atoms with Crippen LogP contribution in [0.5, 0.6) is 0 Å². The minimum Gasteiger partial charge on any atom is -0.358 e. The number of rotatable bonds is 5. The maximum Gasteiger partial charge on any atom is 0.242 e. The molecule has 0 aromatic heterocycles. The summed E-state index contributed by atoms with van der Waals surface area (Å²) in [7, 11) is 0. The number of likely N-dealkylation sites (tertiary alicyclic amines) is 1. The number of amides is 1. The minimum absolute atomic E-state index is 0.214. The molecule has 0 bridgehead atoms. The number of carbonyl (C=O) groups is 1. The number of nitrogens with zero attached hydrogens (tertiary/aromatic N) is 2. The van der Waals surface area contributed by atoms with Gasteiger partial charge in [-0.3, -0.25) is 4.79 Å². The van der Waals surface area contributed by atoms with Gasteiger partial charge in [-0.15, -0.1) is 0 Å². The number of anilines is 1. The van der Waals surface area contributed by atoms with Gasteiger partial charge >= 0.3 is 0 Å². The number of fused-ring (bicyclic) bond motifs is 1. The van der Waals surface area contributed by atoms with E-state index < -0.39 is 0 Å². The third-order valence-corrected chi connectivity index (χ3v) is 5.93. The second kappa shape index (κ2) is 7.50. The molecule has 0 spiro atoms. The lowest BCUT2D eigenvalue weighted by Crippen LogP contribution is -2.40. The number of hydrogen-bond donors (Lipinski definition) is 1. The monoisotopic (exact) mass is 349 g/mol. The van der Waals surface area contributed by atoms with Crippen molar-refractivity contribution >= 4 is 11.6 Å². The minimum atomic E-state index is 0.214. The molecule has 4 nitrogen and oxygen atoms in total. The predicted molar refractivity (Wildman–Crippen MR) is 105 cm³/mol. The molecular formula is C22H27N3O. The van der Waals surface area contributed by atoms with Crippen LogP contribution in [-0.4, -0.2) is 36.5 Å². The average molecular weight is 349 g/mol. The summed E-state index contributed by atoms with van der Waals surface area (Å²) in [4.78, 5) is 17.2. The van der Waals surface area contributed by atoms with E-state index in [2.05, 4.69) is 29.2 Å². The maximum absolute atomic E-state index is 13.0. The molecule has 1 amide bonds. The van der Waals surface area contributed by atoms with Crippen molar-refractivity contribution < 1.29 is 4.79 Å². The average Bonchev–Trinajstić information content (AvgIpc) is 3.25. The molecule has 1 aliphatic carbocycles. The maximum atomic E-state index is 13.0. The Morgan fingerprint density at radius 1 is 1.00 bits per heavy atom. The third-order valence-electron chi connectivity index (χ3n) is 5.93. The summed E-state index contributed by atoms with van der Waals surface area (Å²) >= 11 is 0. The zero-order valence-corrected chi connectivity index (χ0v) is 15.1. The van der Waals surface area contributed by atoms with Crippen molar-refractivity contribution in [1.29, 1.82) is 0 Å². The Labute approximate surface area is 155 Å². The number of hydrogen-bond acceptors (Lipinski definition) is 3. The van der Waals surface area contributed by atoms with Crippen molar-refractivity contribution in [3.05, 3.63) is 66.2 Å². The zero-order valence-electron chi connectivity index (χ0n) is 15.1. The van der Waals surface area contributed by atoms with Gasteiger partial charge in [0, 0.05) is 31.4 Å². The summed E-state index contributed by atoms with van der Waals surface area (Å²) in [5.74, 6) is 1.32. The second-order valence-electron chi connectivity index (χ2n) is 7.64. The molecule has 1 saturated carbocycles. The summed E-state index contributed by atoms with van der Waals surface area (Å²) in [6, 6.07) is 20.8. The predicted octanol–water partition coefficient (Wildman–Crippen LogP) is 2.89. The molecule has 2 aromatic carbocycles. The van der Waals surface area contributed by atoms with Crippen LogP contribution in [0, 0.1) is 11.8 Å². The van der Waals surface area contributed by atoms with Crippen LogP contribution in [0.4, 0.5) is 5.69 Å². The number of para-hydroxylation sites is 1. The Kier molecular flexibility index (Phi) is 4.93. The molecule has 2 aromatic rings. The number of carbonyl (C=O) groups excluding carboxylic acids is 1. The Hall–Kier alpha value is -2.33. The Morgan fingerprint density at radius 3 is 2.38 bits per heavy atom. The number of benzene rings is 2. The highest BCUT2D eigenvalue weighted by Gasteiger charge is 2.42. The molecule has 2 fully saturated rings. The molecule has 1 heterocycles. The molecule has 2 aliphatic rings. The van der Waals surface area contributed by atoms with Crippen molar-refractivity contribution in [3.8, 4) is 0 Å². The summed E-state index contributed by atoms with van der Waals surface area (Å²) in [5, 5.41) is 0. The van der Waals surface area contributed by atoms with Crippen LogP contribution >= 0.6 is 0 Å². The van der Waals surface area contributed by atoms with Crippen molar-refractivity contribution in [2.24, 2.45) is 17.6 Å². The van der Waals surface area contributed by atoms with Gasteiger partial charge in [-0.1, -0.05) is 48.5 Å². The Balaban J connectivity index is 1.47. The van der Waals surface area contributed by atoms with E-state index in [1.807, 2.05) is 41.3 Å². The molecule has 136 valence electrons. The van der Waals surface area contributed by atoms with Crippen LogP contribution in [0.3, 0.4) is 0 Å². The van der Waals surface area contributed by atoms with Crippen LogP contribution in [0.25, 0.3) is 0 Å². The first-order valence-electron chi connectivity index (χ1n) is 9.58. The molecule has 3 unspecified atom stereocenters. The van der Waals surface area contributed by atoms with E-state index in [9.17, 15) is 4.79 Å². The van der Waals surface area contributed by atoms with E-state index in [0.29, 0.717) is 18.4 Å². The van der Waals surface area contributed by atoms with Gasteiger partial charge in [-0.25, -0.2) is 0 Å². The van der Waals surface area contributed by atoms with Gasteiger partial charge in [0.15, 0.2) is 0 Å². The van der Waals surface area contributed by atoms with E-state index in [1.54, 1.807) is 0 Å². The smallest absolute Gasteiger partial charge is 0.242 e. The molecule has 4 heteroatoms. The third kappa shape index (κ3) is 3.61. The summed E-state index contributed by atoms with van der Waals surface area (Å²) < 4.78 is 0. The highest BCUT2D eigenvalue weighted by molar-refractivity contribution is 5.82. The number of nitrogens with two attached hydrogens (primary N) is 1. The van der Waals surface area contributed by atoms with Crippen LogP contribution in [-0.2, 0) is 11.3 Å². The fourth-order valence-electron chi connectivity index (χ4n) is 4.46. The summed E-state index contributed by atoms with van der Waals surface area (Å²) in [6.45, 7) is 2.86. The van der Waals surface area contributed by atoms with Crippen molar-refractivity contribution in [2.75, 3.05) is 24.5 Å². The molecule has 4 rings (SSSR count). The SMILES string of the molecule is NC1CCC2CN(C(=O)CN(Cc3ccccc3)c3ccccc3)CC12. The van der Waals surface area contributed by atoms with Gasteiger partial charge in [-0.05, 0) is 42.4 Å². The molecule has 3 atom stereocenters. The molecule has 2 N–H and O–H groups in total. The van der Waals surface area contributed by atoms with E-state index in [-0.39, 0.29) is 11.9 Å². The van der Waals surface area contributed by atoms with E-state index in [0.717, 1.165) is 31.7 Å². The molecule has 26 heavy (non-hydrogen) atoms. The van der Waals surface area contributed by atoms with Crippen molar-refractivity contribution in [2.45, 2.75) is 25.4 Å². The highest BCUT2D eigenvalue weighted by Crippen LogP contribution is 2.37. The van der Waals surface area contributed by atoms with Gasteiger partial charge in [0.1, 0.15) is 0 Å². The van der Waals surface area contributed by atoms with Gasteiger partial charge in [0.05, 0.1) is 6.54 Å². The van der Waals surface area contributed by atoms with Gasteiger partial charge in [-0.2, -0.15) is 0 Å². The molecule has 0 radical (unpaired) electrons. The lowest BCUT2D eigenvalue weighted by atomic mass is 9.98. The fraction of sp³-hybridized carbons (Fsp3) is 0.409. The molecule has 1 saturated heterocycles. The first kappa shape index (κ1) is 17.1. The standard InChI is InChI=1S/C22H27N3O/c23-21-12-11-18-14-25(15-20(18)21)22(26)16-24(19-9-5-2-6-10-19)13-17-7-3-1-4-8-17/h1-10,18,20-21H,11-16,23H2. The van der Waals surface area contributed by atoms with Gasteiger partial charge in [0.25, 0.3) is 0 Å². The Morgan fingerprint density at radius 2 is 1.69 bits per heavy atom. The zero-order chi connectivity index (χ0) is 17.9. The normalized spacial score (nSPS) is 24.5. The highest BCUT2D eigenvalue weighted by atomic mass is 16.2. The first-order chi connectivity index (χ1) is 12.7.